The van der Waals surface area contributed by atoms with E-state index in [0.717, 1.165) is 41.2 Å². The largest absolute Gasteiger partial charge is 0.328 e. The van der Waals surface area contributed by atoms with Crippen LogP contribution in [-0.4, -0.2) is 31.9 Å². The van der Waals surface area contributed by atoms with Crippen LogP contribution in [0.25, 0.3) is 0 Å². The van der Waals surface area contributed by atoms with Crippen molar-refractivity contribution < 1.29 is 4.79 Å². The molecule has 0 unspecified atom stereocenters. The van der Waals surface area contributed by atoms with E-state index in [1.807, 2.05) is 18.2 Å². The van der Waals surface area contributed by atoms with Crippen molar-refractivity contribution in [2.45, 2.75) is 26.1 Å². The van der Waals surface area contributed by atoms with Gasteiger partial charge in [-0.3, -0.25) is 24.0 Å². The van der Waals surface area contributed by atoms with Gasteiger partial charge >= 0.3 is 5.69 Å². The average Bonchev–Trinajstić information content (AvgIpc) is 3.06. The molecule has 1 aliphatic heterocycles. The van der Waals surface area contributed by atoms with Gasteiger partial charge in [-0.2, -0.15) is 0 Å². The molecular weight excluding hydrogens is 378 g/mol. The summed E-state index contributed by atoms with van der Waals surface area (Å²) in [5, 5.41) is 3.29. The van der Waals surface area contributed by atoms with Crippen LogP contribution in [-0.2, 0) is 30.8 Å². The molecule has 0 aliphatic carbocycles. The third-order valence-corrected chi connectivity index (χ3v) is 5.51. The number of carbonyl (C=O) groups excluding carboxylic acids is 1. The fourth-order valence-electron chi connectivity index (χ4n) is 3.16. The lowest BCUT2D eigenvalue weighted by molar-refractivity contribution is -0.116. The smallest absolute Gasteiger partial charge is 0.300 e. The number of carbonyl (C=O) groups is 1. The molecule has 4 rings (SSSR count). The number of aromatic amines is 1. The first-order valence-corrected chi connectivity index (χ1v) is 9.73. The van der Waals surface area contributed by atoms with Crippen LogP contribution < -0.4 is 16.6 Å². The van der Waals surface area contributed by atoms with Crippen LogP contribution in [0.3, 0.4) is 0 Å². The number of H-pyrrole nitrogens is 1. The van der Waals surface area contributed by atoms with Gasteiger partial charge in [0.05, 0.1) is 5.69 Å². The van der Waals surface area contributed by atoms with Crippen molar-refractivity contribution in [1.82, 2.24) is 19.4 Å². The van der Waals surface area contributed by atoms with Crippen molar-refractivity contribution in [3.8, 4) is 0 Å². The van der Waals surface area contributed by atoms with Gasteiger partial charge < -0.3 is 5.32 Å². The fourth-order valence-corrected chi connectivity index (χ4v) is 4.23. The number of amides is 1. The second-order valence-corrected chi connectivity index (χ2v) is 7.70. The van der Waals surface area contributed by atoms with Crippen LogP contribution in [0.4, 0.5) is 5.13 Å². The van der Waals surface area contributed by atoms with E-state index < -0.39 is 11.2 Å². The third kappa shape index (κ3) is 4.26. The summed E-state index contributed by atoms with van der Waals surface area (Å²) in [4.78, 5) is 45.2. The quantitative estimate of drug-likeness (QED) is 0.674. The van der Waals surface area contributed by atoms with Gasteiger partial charge in [0.1, 0.15) is 6.54 Å². The highest BCUT2D eigenvalue weighted by Crippen LogP contribution is 2.29. The van der Waals surface area contributed by atoms with E-state index in [9.17, 15) is 14.4 Å². The van der Waals surface area contributed by atoms with Crippen molar-refractivity contribution in [3.63, 3.8) is 0 Å². The molecule has 0 fully saturated rings. The Hall–Kier alpha value is -3.04. The normalized spacial score (nSPS) is 13.9. The molecule has 1 aromatic carbocycles. The molecular formula is C19H19N5O3S. The summed E-state index contributed by atoms with van der Waals surface area (Å²) in [6.07, 6.45) is 2.14. The summed E-state index contributed by atoms with van der Waals surface area (Å²) < 4.78 is 1.14. The van der Waals surface area contributed by atoms with E-state index in [2.05, 4.69) is 32.3 Å². The van der Waals surface area contributed by atoms with Crippen LogP contribution in [0.5, 0.6) is 0 Å². The molecule has 144 valence electrons. The summed E-state index contributed by atoms with van der Waals surface area (Å²) in [5.74, 6) is -0.360. The lowest BCUT2D eigenvalue weighted by Crippen LogP contribution is -2.32. The highest BCUT2D eigenvalue weighted by molar-refractivity contribution is 7.15. The maximum atomic E-state index is 12.2. The van der Waals surface area contributed by atoms with Crippen LogP contribution in [0.15, 0.2) is 52.2 Å². The Morgan fingerprint density at radius 2 is 2.04 bits per heavy atom. The number of nitrogens with one attached hydrogen (secondary N) is 2. The van der Waals surface area contributed by atoms with E-state index in [0.29, 0.717) is 5.13 Å². The maximum Gasteiger partial charge on any atom is 0.328 e. The van der Waals surface area contributed by atoms with Crippen LogP contribution >= 0.6 is 11.3 Å². The van der Waals surface area contributed by atoms with Crippen LogP contribution in [0.1, 0.15) is 16.1 Å². The van der Waals surface area contributed by atoms with Crippen LogP contribution in [0.2, 0.25) is 0 Å². The Morgan fingerprint density at radius 3 is 2.82 bits per heavy atom. The summed E-state index contributed by atoms with van der Waals surface area (Å²) >= 11 is 1.47. The number of fused-ring (bicyclic) bond motifs is 1. The predicted molar refractivity (Wildman–Crippen MR) is 106 cm³/mol. The molecule has 28 heavy (non-hydrogen) atoms. The Morgan fingerprint density at radius 1 is 1.21 bits per heavy atom. The van der Waals surface area contributed by atoms with E-state index in [1.54, 1.807) is 0 Å². The molecule has 2 N–H and O–H groups in total. The molecule has 3 heterocycles. The molecule has 0 bridgehead atoms. The van der Waals surface area contributed by atoms with E-state index in [4.69, 9.17) is 0 Å². The predicted octanol–water partition coefficient (Wildman–Crippen LogP) is 1.19. The van der Waals surface area contributed by atoms with Gasteiger partial charge in [0, 0.05) is 43.2 Å². The average molecular weight is 397 g/mol. The van der Waals surface area contributed by atoms with Gasteiger partial charge in [0.25, 0.3) is 5.56 Å². The Bertz CT molecular complexity index is 1100. The van der Waals surface area contributed by atoms with Gasteiger partial charge in [-0.05, 0) is 5.56 Å². The monoisotopic (exact) mass is 397 g/mol. The first-order chi connectivity index (χ1) is 13.6. The number of rotatable bonds is 5. The summed E-state index contributed by atoms with van der Waals surface area (Å²) in [6, 6.07) is 11.5. The SMILES string of the molecule is O=C(Cn1ccc(=O)[nH]c1=O)Nc1nc2c(s1)CN(Cc1ccccc1)CC2. The Kier molecular flexibility index (Phi) is 5.18. The number of hydrogen-bond acceptors (Lipinski definition) is 6. The molecule has 0 spiro atoms. The van der Waals surface area contributed by atoms with Gasteiger partial charge in [-0.1, -0.05) is 30.3 Å². The standard InChI is InChI=1S/C19H19N5O3S/c25-16-7-9-24(19(27)22-16)12-17(26)21-18-20-14-6-8-23(11-15(14)28-18)10-13-4-2-1-3-5-13/h1-5,7,9H,6,8,10-12H2,(H,20,21,26)(H,22,25,27). The molecule has 2 aromatic heterocycles. The lowest BCUT2D eigenvalue weighted by atomic mass is 10.1. The number of thiazole rings is 1. The minimum Gasteiger partial charge on any atom is -0.300 e. The second-order valence-electron chi connectivity index (χ2n) is 6.62. The van der Waals surface area contributed by atoms with Crippen LogP contribution in [0, 0.1) is 0 Å². The zero-order valence-electron chi connectivity index (χ0n) is 15.1. The first kappa shape index (κ1) is 18.3. The molecule has 9 heteroatoms. The minimum atomic E-state index is -0.613. The lowest BCUT2D eigenvalue weighted by Gasteiger charge is -2.25. The molecule has 0 saturated heterocycles. The number of hydrogen-bond donors (Lipinski definition) is 2. The minimum absolute atomic E-state index is 0.181. The van der Waals surface area contributed by atoms with Gasteiger partial charge in [0.2, 0.25) is 5.91 Å². The number of anilines is 1. The van der Waals surface area contributed by atoms with Crippen molar-refractivity contribution in [3.05, 3.63) is 79.6 Å². The number of benzene rings is 1. The zero-order chi connectivity index (χ0) is 19.5. The van der Waals surface area contributed by atoms with E-state index >= 15 is 0 Å². The number of aromatic nitrogens is 3. The fraction of sp³-hybridized carbons (Fsp3) is 0.263. The van der Waals surface area contributed by atoms with Crippen molar-refractivity contribution in [1.29, 1.82) is 0 Å². The molecule has 0 atom stereocenters. The Labute approximate surface area is 164 Å². The maximum absolute atomic E-state index is 12.2. The molecule has 3 aromatic rings. The second kappa shape index (κ2) is 7.91. The van der Waals surface area contributed by atoms with E-state index in [-0.39, 0.29) is 12.5 Å². The molecule has 0 saturated carbocycles. The molecule has 8 nitrogen and oxygen atoms in total. The Balaban J connectivity index is 1.39. The molecule has 1 amide bonds. The van der Waals surface area contributed by atoms with Crippen molar-refractivity contribution in [2.24, 2.45) is 0 Å². The summed E-state index contributed by atoms with van der Waals surface area (Å²) in [7, 11) is 0. The van der Waals surface area contributed by atoms with Crippen molar-refractivity contribution >= 4 is 22.4 Å². The first-order valence-electron chi connectivity index (χ1n) is 8.91. The van der Waals surface area contributed by atoms with E-state index in [1.165, 1.54) is 29.2 Å². The molecule has 1 aliphatic rings. The van der Waals surface area contributed by atoms with Crippen molar-refractivity contribution in [2.75, 3.05) is 11.9 Å². The summed E-state index contributed by atoms with van der Waals surface area (Å²) in [6.45, 7) is 2.43. The van der Waals surface area contributed by atoms with Gasteiger partial charge in [0.15, 0.2) is 5.13 Å². The van der Waals surface area contributed by atoms with Gasteiger partial charge in [-0.15, -0.1) is 11.3 Å². The third-order valence-electron chi connectivity index (χ3n) is 4.52. The highest BCUT2D eigenvalue weighted by atomic mass is 32.1. The topological polar surface area (TPSA) is 100 Å². The molecule has 0 radical (unpaired) electrons. The van der Waals surface area contributed by atoms with Gasteiger partial charge in [-0.25, -0.2) is 9.78 Å². The summed E-state index contributed by atoms with van der Waals surface area (Å²) in [5.41, 5.74) is 1.19. The zero-order valence-corrected chi connectivity index (χ0v) is 15.9. The number of nitrogens with zero attached hydrogens (tertiary/aromatic N) is 3. The highest BCUT2D eigenvalue weighted by Gasteiger charge is 2.21.